The van der Waals surface area contributed by atoms with Crippen molar-refractivity contribution in [3.05, 3.63) is 0 Å². The summed E-state index contributed by atoms with van der Waals surface area (Å²) in [5.74, 6) is 1.77. The SMILES string of the molecule is CCCCCCC(=O)CC1CCCS1. The van der Waals surface area contributed by atoms with Gasteiger partial charge < -0.3 is 0 Å². The van der Waals surface area contributed by atoms with E-state index in [9.17, 15) is 4.79 Å². The number of unbranched alkanes of at least 4 members (excludes halogenated alkanes) is 3. The lowest BCUT2D eigenvalue weighted by Crippen LogP contribution is -2.07. The molecule has 0 radical (unpaired) electrons. The minimum absolute atomic E-state index is 0.500. The average Bonchev–Trinajstić information content (AvgIpc) is 2.65. The summed E-state index contributed by atoms with van der Waals surface area (Å²) in [7, 11) is 0. The Kier molecular flexibility index (Phi) is 6.33. The maximum atomic E-state index is 11.5. The lowest BCUT2D eigenvalue weighted by molar-refractivity contribution is -0.119. The molecule has 1 unspecified atom stereocenters. The summed E-state index contributed by atoms with van der Waals surface area (Å²) in [6.07, 6.45) is 9.15. The van der Waals surface area contributed by atoms with E-state index in [-0.39, 0.29) is 0 Å². The van der Waals surface area contributed by atoms with E-state index in [0.29, 0.717) is 11.0 Å². The fraction of sp³-hybridized carbons (Fsp3) is 0.917. The van der Waals surface area contributed by atoms with Gasteiger partial charge in [-0.3, -0.25) is 4.79 Å². The minimum atomic E-state index is 0.500. The van der Waals surface area contributed by atoms with Gasteiger partial charge in [0.1, 0.15) is 5.78 Å². The van der Waals surface area contributed by atoms with E-state index in [0.717, 1.165) is 19.3 Å². The smallest absolute Gasteiger partial charge is 0.134 e. The first-order valence-electron chi connectivity index (χ1n) is 5.96. The lowest BCUT2D eigenvalue weighted by Gasteiger charge is -2.06. The molecular weight excluding hydrogens is 192 g/mol. The Morgan fingerprint density at radius 1 is 1.36 bits per heavy atom. The molecule has 1 rings (SSSR count). The zero-order valence-corrected chi connectivity index (χ0v) is 10.1. The lowest BCUT2D eigenvalue weighted by atomic mass is 10.1. The molecule has 2 heteroatoms. The number of thioether (sulfide) groups is 1. The summed E-state index contributed by atoms with van der Waals surface area (Å²) >= 11 is 1.99. The van der Waals surface area contributed by atoms with Crippen LogP contribution in [0.25, 0.3) is 0 Å². The zero-order chi connectivity index (χ0) is 10.2. The van der Waals surface area contributed by atoms with Gasteiger partial charge >= 0.3 is 0 Å². The predicted molar refractivity (Wildman–Crippen MR) is 63.9 cm³/mol. The molecule has 0 bridgehead atoms. The Hall–Kier alpha value is 0.0200. The van der Waals surface area contributed by atoms with E-state index in [1.807, 2.05) is 11.8 Å². The largest absolute Gasteiger partial charge is 0.300 e. The first-order chi connectivity index (χ1) is 6.83. The van der Waals surface area contributed by atoms with Crippen LogP contribution in [0.2, 0.25) is 0 Å². The number of rotatable bonds is 7. The van der Waals surface area contributed by atoms with E-state index in [1.165, 1.54) is 37.9 Å². The molecule has 0 aromatic carbocycles. The van der Waals surface area contributed by atoms with Crippen molar-refractivity contribution in [3.8, 4) is 0 Å². The standard InChI is InChI=1S/C12H22OS/c1-2-3-4-5-7-11(13)10-12-8-6-9-14-12/h12H,2-10H2,1H3. The van der Waals surface area contributed by atoms with Gasteiger partial charge in [-0.15, -0.1) is 0 Å². The van der Waals surface area contributed by atoms with Crippen LogP contribution in [-0.4, -0.2) is 16.8 Å². The summed E-state index contributed by atoms with van der Waals surface area (Å²) in [5.41, 5.74) is 0. The number of carbonyl (C=O) groups is 1. The Morgan fingerprint density at radius 3 is 2.86 bits per heavy atom. The monoisotopic (exact) mass is 214 g/mol. The molecule has 1 heterocycles. The van der Waals surface area contributed by atoms with Gasteiger partial charge in [0.2, 0.25) is 0 Å². The molecule has 14 heavy (non-hydrogen) atoms. The summed E-state index contributed by atoms with van der Waals surface area (Å²) < 4.78 is 0. The molecule has 1 nitrogen and oxygen atoms in total. The Labute approximate surface area is 92.0 Å². The number of hydrogen-bond acceptors (Lipinski definition) is 2. The van der Waals surface area contributed by atoms with Crippen molar-refractivity contribution in [2.45, 2.75) is 63.5 Å². The van der Waals surface area contributed by atoms with Crippen LogP contribution in [0.1, 0.15) is 58.3 Å². The summed E-state index contributed by atoms with van der Waals surface area (Å²) in [4.78, 5) is 11.5. The first kappa shape index (κ1) is 12.1. The van der Waals surface area contributed by atoms with E-state index >= 15 is 0 Å². The van der Waals surface area contributed by atoms with Crippen LogP contribution in [0.15, 0.2) is 0 Å². The first-order valence-corrected chi connectivity index (χ1v) is 7.01. The van der Waals surface area contributed by atoms with Gasteiger partial charge in [-0.1, -0.05) is 26.2 Å². The van der Waals surface area contributed by atoms with Crippen LogP contribution in [0, 0.1) is 0 Å². The molecular formula is C12H22OS. The summed E-state index contributed by atoms with van der Waals surface area (Å²) in [6, 6.07) is 0. The van der Waals surface area contributed by atoms with Crippen LogP contribution in [-0.2, 0) is 4.79 Å². The predicted octanol–water partition coefficient (Wildman–Crippen LogP) is 3.81. The Bertz CT molecular complexity index is 162. The molecule has 0 saturated carbocycles. The van der Waals surface area contributed by atoms with Crippen molar-refractivity contribution in [2.75, 3.05) is 5.75 Å². The Morgan fingerprint density at radius 2 is 2.21 bits per heavy atom. The fourth-order valence-corrected chi connectivity index (χ4v) is 3.21. The van der Waals surface area contributed by atoms with Crippen molar-refractivity contribution in [1.82, 2.24) is 0 Å². The highest BCUT2D eigenvalue weighted by atomic mass is 32.2. The molecule has 0 amide bonds. The second-order valence-corrected chi connectivity index (χ2v) is 5.60. The van der Waals surface area contributed by atoms with Gasteiger partial charge in [-0.05, 0) is 25.0 Å². The molecule has 1 fully saturated rings. The molecule has 0 aliphatic carbocycles. The third-order valence-electron chi connectivity index (χ3n) is 2.79. The molecule has 1 saturated heterocycles. The highest BCUT2D eigenvalue weighted by Gasteiger charge is 2.18. The van der Waals surface area contributed by atoms with Gasteiger partial charge in [0.05, 0.1) is 0 Å². The number of Topliss-reactive ketones (excluding diaryl/α,β-unsaturated/α-hetero) is 1. The van der Waals surface area contributed by atoms with Crippen molar-refractivity contribution in [2.24, 2.45) is 0 Å². The van der Waals surface area contributed by atoms with Crippen LogP contribution in [0.5, 0.6) is 0 Å². The van der Waals surface area contributed by atoms with Crippen LogP contribution >= 0.6 is 11.8 Å². The highest BCUT2D eigenvalue weighted by molar-refractivity contribution is 8.00. The van der Waals surface area contributed by atoms with E-state index < -0.39 is 0 Å². The van der Waals surface area contributed by atoms with E-state index in [4.69, 9.17) is 0 Å². The fourth-order valence-electron chi connectivity index (χ4n) is 1.91. The third-order valence-corrected chi connectivity index (χ3v) is 4.19. The minimum Gasteiger partial charge on any atom is -0.300 e. The van der Waals surface area contributed by atoms with Crippen LogP contribution in [0.3, 0.4) is 0 Å². The molecule has 1 aliphatic heterocycles. The maximum Gasteiger partial charge on any atom is 0.134 e. The topological polar surface area (TPSA) is 17.1 Å². The summed E-state index contributed by atoms with van der Waals surface area (Å²) in [6.45, 7) is 2.21. The van der Waals surface area contributed by atoms with Crippen LogP contribution in [0.4, 0.5) is 0 Å². The van der Waals surface area contributed by atoms with Gasteiger partial charge in [-0.2, -0.15) is 11.8 Å². The van der Waals surface area contributed by atoms with Crippen molar-refractivity contribution in [1.29, 1.82) is 0 Å². The molecule has 1 atom stereocenters. The van der Waals surface area contributed by atoms with Crippen molar-refractivity contribution < 1.29 is 4.79 Å². The van der Waals surface area contributed by atoms with Gasteiger partial charge in [0, 0.05) is 18.1 Å². The number of hydrogen-bond donors (Lipinski definition) is 0. The molecule has 0 N–H and O–H groups in total. The molecule has 0 aromatic rings. The number of ketones is 1. The van der Waals surface area contributed by atoms with Crippen molar-refractivity contribution in [3.63, 3.8) is 0 Å². The highest BCUT2D eigenvalue weighted by Crippen LogP contribution is 2.29. The van der Waals surface area contributed by atoms with E-state index in [1.54, 1.807) is 0 Å². The normalized spacial score (nSPS) is 21.4. The quantitative estimate of drug-likeness (QED) is 0.599. The third kappa shape index (κ3) is 5.04. The molecule has 0 aromatic heterocycles. The van der Waals surface area contributed by atoms with Gasteiger partial charge in [0.15, 0.2) is 0 Å². The second kappa shape index (κ2) is 7.33. The second-order valence-electron chi connectivity index (χ2n) is 4.19. The molecule has 1 aliphatic rings. The Balaban J connectivity index is 1.98. The maximum absolute atomic E-state index is 11.5. The van der Waals surface area contributed by atoms with Crippen LogP contribution < -0.4 is 0 Å². The van der Waals surface area contributed by atoms with Crippen molar-refractivity contribution >= 4 is 17.5 Å². The zero-order valence-electron chi connectivity index (χ0n) is 9.26. The van der Waals surface area contributed by atoms with E-state index in [2.05, 4.69) is 6.92 Å². The van der Waals surface area contributed by atoms with Gasteiger partial charge in [0.25, 0.3) is 0 Å². The average molecular weight is 214 g/mol. The molecule has 82 valence electrons. The van der Waals surface area contributed by atoms with Gasteiger partial charge in [-0.25, -0.2) is 0 Å². The molecule has 0 spiro atoms. The summed E-state index contributed by atoms with van der Waals surface area (Å²) in [5, 5.41) is 0.661. The number of carbonyl (C=O) groups excluding carboxylic acids is 1.